The molecule has 8 heteroatoms. The number of aryl methyl sites for hydroxylation is 1. The molecule has 2 aliphatic rings. The molecule has 41 heavy (non-hydrogen) atoms. The van der Waals surface area contributed by atoms with Gasteiger partial charge in [0, 0.05) is 58.8 Å². The van der Waals surface area contributed by atoms with Gasteiger partial charge in [-0.15, -0.1) is 0 Å². The summed E-state index contributed by atoms with van der Waals surface area (Å²) in [5.74, 6) is 0.625. The Bertz CT molecular complexity index is 2220. The van der Waals surface area contributed by atoms with Crippen LogP contribution in [0.3, 0.4) is 0 Å². The topological polar surface area (TPSA) is 64.8 Å². The maximum atomic E-state index is 9.21. The van der Waals surface area contributed by atoms with Gasteiger partial charge in [0.15, 0.2) is 17.2 Å². The van der Waals surface area contributed by atoms with E-state index in [2.05, 4.69) is 15.0 Å². The Morgan fingerprint density at radius 3 is 2.15 bits per heavy atom. The van der Waals surface area contributed by atoms with E-state index in [1.807, 2.05) is 36.9 Å². The average Bonchev–Trinajstić information content (AvgIpc) is 3.64. The van der Waals surface area contributed by atoms with Crippen molar-refractivity contribution in [3.05, 3.63) is 66.1 Å². The molecular weight excluding hydrogens is 510 g/mol. The highest BCUT2D eigenvalue weighted by Crippen LogP contribution is 2.52. The maximum absolute atomic E-state index is 9.21. The van der Waals surface area contributed by atoms with Crippen molar-refractivity contribution in [2.45, 2.75) is 79.5 Å². The number of benzene rings is 1. The van der Waals surface area contributed by atoms with Gasteiger partial charge in [0.05, 0.1) is 25.5 Å². The fourth-order valence-electron chi connectivity index (χ4n) is 6.37. The van der Waals surface area contributed by atoms with Crippen molar-refractivity contribution in [1.29, 1.82) is 0 Å². The Morgan fingerprint density at radius 1 is 0.829 bits per heavy atom. The second kappa shape index (κ2) is 9.09. The van der Waals surface area contributed by atoms with Crippen LogP contribution in [0.5, 0.6) is 0 Å². The van der Waals surface area contributed by atoms with E-state index < -0.39 is 44.9 Å². The summed E-state index contributed by atoms with van der Waals surface area (Å²) in [6.07, 6.45) is 1.27. The minimum Gasteiger partial charge on any atom is -0.435 e. The molecule has 1 unspecified atom stereocenters. The first-order valence-corrected chi connectivity index (χ1v) is 13.4. The predicted octanol–water partition coefficient (Wildman–Crippen LogP) is 7.81. The van der Waals surface area contributed by atoms with E-state index in [0.29, 0.717) is 56.2 Å². The first-order valence-electron chi connectivity index (χ1n) is 18.9. The SMILES string of the molecule is [2H]C([2H])([2H])C([2H])(C)N1c2cccnc2N(c2cc3c(oc4nc(C)ccc43)c(N3c4ncccc4N(C([2H])(C([2H])([2H])[2H])C([2H])([2H])[2H])[C@@H]3C)c2C)[C@@H]1C. The minimum absolute atomic E-state index is 0.135. The predicted molar refractivity (Wildman–Crippen MR) is 168 cm³/mol. The number of hydrogen-bond acceptors (Lipinski definition) is 8. The fraction of sp³-hybridized carbons (Fsp3) is 0.364. The quantitative estimate of drug-likeness (QED) is 0.221. The third-order valence-electron chi connectivity index (χ3n) is 8.07. The van der Waals surface area contributed by atoms with E-state index in [9.17, 15) is 1.37 Å². The van der Waals surface area contributed by atoms with Gasteiger partial charge in [-0.1, -0.05) is 0 Å². The molecule has 0 spiro atoms. The number of anilines is 6. The first-order chi connectivity index (χ1) is 24.0. The van der Waals surface area contributed by atoms with E-state index in [1.54, 1.807) is 49.2 Å². The summed E-state index contributed by atoms with van der Waals surface area (Å²) in [6.45, 7) is -0.856. The summed E-state index contributed by atoms with van der Waals surface area (Å²) >= 11 is 0. The molecule has 5 aromatic rings. The smallest absolute Gasteiger partial charge is 0.227 e. The van der Waals surface area contributed by atoms with Crippen LogP contribution >= 0.6 is 0 Å². The molecule has 210 valence electrons. The molecule has 0 bridgehead atoms. The van der Waals surface area contributed by atoms with Crippen molar-refractivity contribution >= 4 is 56.5 Å². The van der Waals surface area contributed by atoms with Gasteiger partial charge in [0.2, 0.25) is 5.71 Å². The monoisotopic (exact) mass is 558 g/mol. The van der Waals surface area contributed by atoms with Crippen LogP contribution in [0.15, 0.2) is 59.3 Å². The van der Waals surface area contributed by atoms with Crippen LogP contribution in [0.25, 0.3) is 22.1 Å². The molecule has 3 atom stereocenters. The zero-order valence-electron chi connectivity index (χ0n) is 34.4. The molecule has 0 radical (unpaired) electrons. The van der Waals surface area contributed by atoms with Crippen LogP contribution in [0.4, 0.5) is 34.4 Å². The lowest BCUT2D eigenvalue weighted by atomic mass is 10.0. The Morgan fingerprint density at radius 2 is 1.46 bits per heavy atom. The van der Waals surface area contributed by atoms with Crippen molar-refractivity contribution in [3.8, 4) is 0 Å². The second-order valence-corrected chi connectivity index (χ2v) is 10.5. The Labute approximate surface area is 256 Å². The van der Waals surface area contributed by atoms with Gasteiger partial charge in [-0.25, -0.2) is 15.0 Å². The van der Waals surface area contributed by atoms with Crippen molar-refractivity contribution < 1.29 is 19.5 Å². The fourth-order valence-corrected chi connectivity index (χ4v) is 6.37. The zero-order valence-corrected chi connectivity index (χ0v) is 23.4. The standard InChI is InChI=1S/C33H37N7O/c1-18(2)37-22(7)39(31-26(37)11-9-15-34-31)28-17-25-24-14-13-20(5)36-33(24)41-30(25)29(21(28)6)40-23(8)38(19(3)4)27-12-10-16-35-32(27)40/h9-19,22-23H,1-8H3/t22-,23+/m1/s1/i1D3,3D3,4D3,18D,19D/t18?,22-,23+. The van der Waals surface area contributed by atoms with Gasteiger partial charge < -0.3 is 24.0 Å². The van der Waals surface area contributed by atoms with E-state index in [1.165, 1.54) is 18.0 Å². The maximum Gasteiger partial charge on any atom is 0.227 e. The summed E-state index contributed by atoms with van der Waals surface area (Å²) in [5, 5.41) is 1.27. The number of furan rings is 1. The van der Waals surface area contributed by atoms with Crippen LogP contribution in [0.2, 0.25) is 0 Å². The molecule has 0 fully saturated rings. The highest BCUT2D eigenvalue weighted by molar-refractivity contribution is 6.12. The van der Waals surface area contributed by atoms with E-state index >= 15 is 0 Å². The Kier molecular flexibility index (Phi) is 3.59. The molecule has 4 aromatic heterocycles. The largest absolute Gasteiger partial charge is 0.435 e. The van der Waals surface area contributed by atoms with Gasteiger partial charge in [-0.3, -0.25) is 0 Å². The van der Waals surface area contributed by atoms with Crippen molar-refractivity contribution in [2.24, 2.45) is 0 Å². The molecule has 0 saturated heterocycles. The van der Waals surface area contributed by atoms with Crippen molar-refractivity contribution in [2.75, 3.05) is 19.6 Å². The van der Waals surface area contributed by atoms with Gasteiger partial charge in [0.25, 0.3) is 0 Å². The third kappa shape index (κ3) is 3.55. The van der Waals surface area contributed by atoms with Crippen LogP contribution in [-0.2, 0) is 0 Å². The van der Waals surface area contributed by atoms with Crippen molar-refractivity contribution in [1.82, 2.24) is 15.0 Å². The molecule has 8 nitrogen and oxygen atoms in total. The van der Waals surface area contributed by atoms with Gasteiger partial charge in [-0.05, 0) is 97.6 Å². The highest BCUT2D eigenvalue weighted by Gasteiger charge is 2.42. The lowest BCUT2D eigenvalue weighted by Crippen LogP contribution is -2.43. The second-order valence-electron chi connectivity index (χ2n) is 10.5. The minimum atomic E-state index is -3.28. The molecule has 0 aliphatic carbocycles. The van der Waals surface area contributed by atoms with Crippen LogP contribution in [-0.4, -0.2) is 39.3 Å². The van der Waals surface area contributed by atoms with E-state index in [0.717, 1.165) is 4.90 Å². The molecule has 7 rings (SSSR count). The molecule has 0 N–H and O–H groups in total. The van der Waals surface area contributed by atoms with E-state index in [4.69, 9.17) is 18.1 Å². The number of aromatic nitrogens is 3. The first kappa shape index (κ1) is 16.2. The summed E-state index contributed by atoms with van der Waals surface area (Å²) in [5.41, 5.74) is 3.50. The van der Waals surface area contributed by atoms with Crippen molar-refractivity contribution in [3.63, 3.8) is 0 Å². The molecule has 6 heterocycles. The zero-order chi connectivity index (χ0) is 38.1. The molecule has 1 aromatic carbocycles. The Hall–Kier alpha value is -4.33. The normalized spacial score (nSPS) is 25.0. The van der Waals surface area contributed by atoms with Gasteiger partial charge >= 0.3 is 0 Å². The van der Waals surface area contributed by atoms with Crippen LogP contribution in [0.1, 0.15) is 67.7 Å². The number of pyridine rings is 3. The molecule has 0 amide bonds. The van der Waals surface area contributed by atoms with Gasteiger partial charge in [-0.2, -0.15) is 0 Å². The lowest BCUT2D eigenvalue weighted by molar-refractivity contribution is 0.599. The number of rotatable bonds is 4. The van der Waals surface area contributed by atoms with Gasteiger partial charge in [0.1, 0.15) is 12.3 Å². The lowest BCUT2D eigenvalue weighted by Gasteiger charge is -2.35. The summed E-state index contributed by atoms with van der Waals surface area (Å²) in [4.78, 5) is 20.0. The third-order valence-corrected chi connectivity index (χ3v) is 8.07. The summed E-state index contributed by atoms with van der Waals surface area (Å²) < 4.78 is 99.6. The number of hydrogen-bond donors (Lipinski definition) is 0. The highest BCUT2D eigenvalue weighted by atomic mass is 16.3. The molecule has 2 aliphatic heterocycles. The molecular formula is C33H37N7O. The summed E-state index contributed by atoms with van der Waals surface area (Å²) in [7, 11) is 0. The van der Waals surface area contributed by atoms with E-state index in [-0.39, 0.29) is 11.5 Å². The number of nitrogens with zero attached hydrogens (tertiary/aromatic N) is 7. The summed E-state index contributed by atoms with van der Waals surface area (Å²) in [6, 6.07) is 6.98. The van der Waals surface area contributed by atoms with Crippen LogP contribution < -0.4 is 19.6 Å². The van der Waals surface area contributed by atoms with Crippen LogP contribution in [0, 0.1) is 13.8 Å². The number of fused-ring (bicyclic) bond motifs is 5. The average molecular weight is 559 g/mol. The molecule has 0 saturated carbocycles. The Balaban J connectivity index is 1.54.